The Hall–Kier alpha value is -2.38. The lowest BCUT2D eigenvalue weighted by Crippen LogP contribution is -2.49. The van der Waals surface area contributed by atoms with Gasteiger partial charge >= 0.3 is 0 Å². The van der Waals surface area contributed by atoms with E-state index in [4.69, 9.17) is 4.98 Å². The van der Waals surface area contributed by atoms with Crippen molar-refractivity contribution < 1.29 is 0 Å². The first kappa shape index (κ1) is 16.5. The van der Waals surface area contributed by atoms with Crippen molar-refractivity contribution in [1.82, 2.24) is 10.3 Å². The van der Waals surface area contributed by atoms with Crippen molar-refractivity contribution in [3.8, 4) is 17.2 Å². The maximum Gasteiger partial charge on any atom is 0.147 e. The molecule has 4 nitrogen and oxygen atoms in total. The molecule has 0 bridgehead atoms. The smallest absolute Gasteiger partial charge is 0.147 e. The van der Waals surface area contributed by atoms with Gasteiger partial charge in [-0.3, -0.25) is 0 Å². The van der Waals surface area contributed by atoms with Crippen molar-refractivity contribution in [3.63, 3.8) is 0 Å². The Labute approximate surface area is 144 Å². The number of nitrogens with one attached hydrogen (secondary N) is 1. The molecule has 4 heteroatoms. The second-order valence-electron chi connectivity index (χ2n) is 6.72. The van der Waals surface area contributed by atoms with E-state index in [0.29, 0.717) is 17.5 Å². The number of anilines is 1. The Morgan fingerprint density at radius 1 is 1.29 bits per heavy atom. The first-order valence-corrected chi connectivity index (χ1v) is 8.58. The van der Waals surface area contributed by atoms with Gasteiger partial charge in [0, 0.05) is 37.4 Å². The Morgan fingerprint density at radius 3 is 2.67 bits per heavy atom. The largest absolute Gasteiger partial charge is 0.353 e. The average Bonchev–Trinajstić information content (AvgIpc) is 2.61. The minimum atomic E-state index is 0.316. The summed E-state index contributed by atoms with van der Waals surface area (Å²) in [6.45, 7) is 9.13. The van der Waals surface area contributed by atoms with Crippen LogP contribution >= 0.6 is 0 Å². The lowest BCUT2D eigenvalue weighted by atomic mass is 9.90. The van der Waals surface area contributed by atoms with Gasteiger partial charge in [0.1, 0.15) is 17.5 Å². The molecule has 1 atom stereocenters. The summed E-state index contributed by atoms with van der Waals surface area (Å²) in [7, 11) is 0. The molecule has 124 valence electrons. The highest BCUT2D eigenvalue weighted by Gasteiger charge is 2.24. The Morgan fingerprint density at radius 2 is 2.04 bits per heavy atom. The van der Waals surface area contributed by atoms with Gasteiger partial charge in [0.15, 0.2) is 0 Å². The SMILES string of the molecule is CC1CN(c2ncc(C(C)C)c(-c3ccccc3)c2C#N)CCN1. The summed E-state index contributed by atoms with van der Waals surface area (Å²) in [4.78, 5) is 6.92. The second kappa shape index (κ2) is 7.02. The molecule has 2 aromatic rings. The molecule has 1 aromatic heterocycles. The molecule has 1 unspecified atom stereocenters. The number of benzene rings is 1. The summed E-state index contributed by atoms with van der Waals surface area (Å²) in [6, 6.07) is 13.0. The summed E-state index contributed by atoms with van der Waals surface area (Å²) in [5, 5.41) is 13.4. The van der Waals surface area contributed by atoms with E-state index in [2.05, 4.69) is 49.2 Å². The third-order valence-electron chi connectivity index (χ3n) is 4.55. The van der Waals surface area contributed by atoms with Crippen molar-refractivity contribution in [2.75, 3.05) is 24.5 Å². The summed E-state index contributed by atoms with van der Waals surface area (Å²) in [5.41, 5.74) is 3.94. The number of pyridine rings is 1. The van der Waals surface area contributed by atoms with Crippen LogP contribution in [0.5, 0.6) is 0 Å². The maximum absolute atomic E-state index is 9.93. The van der Waals surface area contributed by atoms with Crippen molar-refractivity contribution in [3.05, 3.63) is 47.7 Å². The molecule has 1 aliphatic heterocycles. The van der Waals surface area contributed by atoms with Gasteiger partial charge in [-0.25, -0.2) is 4.98 Å². The molecule has 1 saturated heterocycles. The van der Waals surface area contributed by atoms with E-state index in [1.807, 2.05) is 24.4 Å². The quantitative estimate of drug-likeness (QED) is 0.940. The number of hydrogen-bond acceptors (Lipinski definition) is 4. The van der Waals surface area contributed by atoms with E-state index in [9.17, 15) is 5.26 Å². The van der Waals surface area contributed by atoms with Gasteiger partial charge in [-0.2, -0.15) is 5.26 Å². The van der Waals surface area contributed by atoms with Gasteiger partial charge in [0.05, 0.1) is 0 Å². The predicted molar refractivity (Wildman–Crippen MR) is 98.2 cm³/mol. The number of hydrogen-bond donors (Lipinski definition) is 1. The Kier molecular flexibility index (Phi) is 4.82. The second-order valence-corrected chi connectivity index (χ2v) is 6.72. The van der Waals surface area contributed by atoms with Crippen LogP contribution in [0, 0.1) is 11.3 Å². The van der Waals surface area contributed by atoms with E-state index < -0.39 is 0 Å². The normalized spacial score (nSPS) is 17.8. The van der Waals surface area contributed by atoms with Gasteiger partial charge in [-0.15, -0.1) is 0 Å². The van der Waals surface area contributed by atoms with Crippen LogP contribution in [0.15, 0.2) is 36.5 Å². The van der Waals surface area contributed by atoms with Crippen LogP contribution in [-0.2, 0) is 0 Å². The first-order valence-electron chi connectivity index (χ1n) is 8.58. The lowest BCUT2D eigenvalue weighted by Gasteiger charge is -2.34. The average molecular weight is 320 g/mol. The molecule has 1 N–H and O–H groups in total. The summed E-state index contributed by atoms with van der Waals surface area (Å²) in [5.74, 6) is 1.13. The zero-order valence-corrected chi connectivity index (χ0v) is 14.6. The number of nitriles is 1. The minimum Gasteiger partial charge on any atom is -0.353 e. The van der Waals surface area contributed by atoms with Crippen molar-refractivity contribution >= 4 is 5.82 Å². The highest BCUT2D eigenvalue weighted by atomic mass is 15.2. The molecule has 24 heavy (non-hydrogen) atoms. The Balaban J connectivity index is 2.18. The van der Waals surface area contributed by atoms with E-state index in [-0.39, 0.29) is 0 Å². The predicted octanol–water partition coefficient (Wildman–Crippen LogP) is 3.54. The monoisotopic (exact) mass is 320 g/mol. The maximum atomic E-state index is 9.93. The summed E-state index contributed by atoms with van der Waals surface area (Å²) >= 11 is 0. The number of rotatable bonds is 3. The Bertz CT molecular complexity index is 746. The topological polar surface area (TPSA) is 52.0 Å². The fourth-order valence-corrected chi connectivity index (χ4v) is 3.34. The van der Waals surface area contributed by atoms with E-state index >= 15 is 0 Å². The fraction of sp³-hybridized carbons (Fsp3) is 0.400. The molecule has 3 rings (SSSR count). The first-order chi connectivity index (χ1) is 11.6. The number of piperazine rings is 1. The summed E-state index contributed by atoms with van der Waals surface area (Å²) < 4.78 is 0. The van der Waals surface area contributed by atoms with Crippen LogP contribution in [0.4, 0.5) is 5.82 Å². The highest BCUT2D eigenvalue weighted by Crippen LogP contribution is 2.36. The van der Waals surface area contributed by atoms with E-state index in [1.54, 1.807) is 0 Å². The van der Waals surface area contributed by atoms with Crippen molar-refractivity contribution in [2.24, 2.45) is 0 Å². The molecular weight excluding hydrogens is 296 g/mol. The molecular formula is C20H24N4. The van der Waals surface area contributed by atoms with Crippen LogP contribution in [0.25, 0.3) is 11.1 Å². The zero-order valence-electron chi connectivity index (χ0n) is 14.6. The van der Waals surface area contributed by atoms with E-state index in [0.717, 1.165) is 42.1 Å². The van der Waals surface area contributed by atoms with Crippen LogP contribution in [0.3, 0.4) is 0 Å². The summed E-state index contributed by atoms with van der Waals surface area (Å²) in [6.07, 6.45) is 1.95. The number of nitrogens with zero attached hydrogens (tertiary/aromatic N) is 3. The molecule has 1 aromatic carbocycles. The van der Waals surface area contributed by atoms with Crippen LogP contribution < -0.4 is 10.2 Å². The zero-order chi connectivity index (χ0) is 17.1. The van der Waals surface area contributed by atoms with Crippen LogP contribution in [0.2, 0.25) is 0 Å². The van der Waals surface area contributed by atoms with E-state index in [1.165, 1.54) is 0 Å². The minimum absolute atomic E-state index is 0.316. The number of aromatic nitrogens is 1. The lowest BCUT2D eigenvalue weighted by molar-refractivity contribution is 0.482. The van der Waals surface area contributed by atoms with Gasteiger partial charge in [0.2, 0.25) is 0 Å². The molecule has 0 saturated carbocycles. The van der Waals surface area contributed by atoms with Gasteiger partial charge in [-0.1, -0.05) is 44.2 Å². The molecule has 0 radical (unpaired) electrons. The highest BCUT2D eigenvalue weighted by molar-refractivity contribution is 5.79. The molecule has 1 aliphatic rings. The third kappa shape index (κ3) is 3.13. The van der Waals surface area contributed by atoms with Crippen molar-refractivity contribution in [2.45, 2.75) is 32.7 Å². The third-order valence-corrected chi connectivity index (χ3v) is 4.55. The molecule has 0 spiro atoms. The van der Waals surface area contributed by atoms with Gasteiger partial charge in [-0.05, 0) is 24.0 Å². The van der Waals surface area contributed by atoms with Crippen LogP contribution in [0.1, 0.15) is 37.8 Å². The fourth-order valence-electron chi connectivity index (χ4n) is 3.34. The molecule has 1 fully saturated rings. The van der Waals surface area contributed by atoms with Crippen molar-refractivity contribution in [1.29, 1.82) is 5.26 Å². The van der Waals surface area contributed by atoms with Gasteiger partial charge < -0.3 is 10.2 Å². The molecule has 0 aliphatic carbocycles. The molecule has 0 amide bonds. The van der Waals surface area contributed by atoms with Gasteiger partial charge in [0.25, 0.3) is 0 Å². The standard InChI is InChI=1S/C20H24N4/c1-14(2)18-12-23-20(24-10-9-22-15(3)13-24)17(11-21)19(18)16-7-5-4-6-8-16/h4-8,12,14-15,22H,9-10,13H2,1-3H3. The molecule has 2 heterocycles. The van der Waals surface area contributed by atoms with Crippen LogP contribution in [-0.4, -0.2) is 30.7 Å².